The number of aromatic nitrogens is 1. The van der Waals surface area contributed by atoms with Crippen molar-refractivity contribution in [3.63, 3.8) is 0 Å². The molecule has 1 aromatic heterocycles. The van der Waals surface area contributed by atoms with Gasteiger partial charge in [-0.3, -0.25) is 0 Å². The number of benzene rings is 2. The number of aryl methyl sites for hydroxylation is 1. The van der Waals surface area contributed by atoms with Gasteiger partial charge in [0.15, 0.2) is 0 Å². The summed E-state index contributed by atoms with van der Waals surface area (Å²) < 4.78 is 3.17. The Morgan fingerprint density at radius 3 is 2.48 bits per heavy atom. The van der Waals surface area contributed by atoms with E-state index >= 15 is 0 Å². The summed E-state index contributed by atoms with van der Waals surface area (Å²) in [5.41, 5.74) is 3.50. The van der Waals surface area contributed by atoms with E-state index in [9.17, 15) is 5.11 Å². The molecule has 0 aliphatic heterocycles. The third-order valence-corrected chi connectivity index (χ3v) is 4.29. The van der Waals surface area contributed by atoms with Crippen LogP contribution in [-0.4, -0.2) is 9.67 Å². The van der Waals surface area contributed by atoms with Crippen LogP contribution in [0, 0.1) is 6.92 Å². The molecule has 2 aromatic carbocycles. The van der Waals surface area contributed by atoms with Gasteiger partial charge in [0.2, 0.25) is 0 Å². The van der Waals surface area contributed by atoms with E-state index in [1.165, 1.54) is 5.56 Å². The van der Waals surface area contributed by atoms with Gasteiger partial charge >= 0.3 is 0 Å². The summed E-state index contributed by atoms with van der Waals surface area (Å²) in [4.78, 5) is 0. The number of aliphatic hydroxyl groups is 1. The number of rotatable bonds is 2. The lowest BCUT2D eigenvalue weighted by Crippen LogP contribution is -2.14. The molecule has 0 atom stereocenters. The summed E-state index contributed by atoms with van der Waals surface area (Å²) in [5, 5.41) is 11.5. The van der Waals surface area contributed by atoms with Crippen LogP contribution in [0.4, 0.5) is 0 Å². The van der Waals surface area contributed by atoms with Gasteiger partial charge in [0.1, 0.15) is 0 Å². The van der Waals surface area contributed by atoms with Gasteiger partial charge in [-0.1, -0.05) is 34.1 Å². The number of para-hydroxylation sites is 1. The van der Waals surface area contributed by atoms with Crippen LogP contribution in [0.25, 0.3) is 16.6 Å². The van der Waals surface area contributed by atoms with Crippen LogP contribution in [0.3, 0.4) is 0 Å². The molecule has 3 heteroatoms. The van der Waals surface area contributed by atoms with E-state index < -0.39 is 5.60 Å². The molecule has 0 spiro atoms. The van der Waals surface area contributed by atoms with E-state index in [1.807, 2.05) is 38.2 Å². The SMILES string of the molecule is Cc1ccccc1-n1cc(C(C)(C)O)c2cc(Br)ccc21. The predicted octanol–water partition coefficient (Wildman–Crippen LogP) is 4.93. The second kappa shape index (κ2) is 5.00. The summed E-state index contributed by atoms with van der Waals surface area (Å²) in [5.74, 6) is 0. The molecule has 0 unspecified atom stereocenters. The zero-order chi connectivity index (χ0) is 15.2. The van der Waals surface area contributed by atoms with E-state index in [1.54, 1.807) is 0 Å². The Balaban J connectivity index is 2.38. The normalized spacial score (nSPS) is 12.0. The molecule has 3 rings (SSSR count). The zero-order valence-electron chi connectivity index (χ0n) is 12.4. The van der Waals surface area contributed by atoms with Crippen molar-refractivity contribution in [2.24, 2.45) is 0 Å². The molecule has 21 heavy (non-hydrogen) atoms. The summed E-state index contributed by atoms with van der Waals surface area (Å²) in [6.45, 7) is 5.75. The van der Waals surface area contributed by atoms with Crippen molar-refractivity contribution in [3.05, 3.63) is 64.3 Å². The van der Waals surface area contributed by atoms with Crippen molar-refractivity contribution >= 4 is 26.8 Å². The molecule has 0 radical (unpaired) electrons. The van der Waals surface area contributed by atoms with Crippen molar-refractivity contribution < 1.29 is 5.11 Å². The maximum Gasteiger partial charge on any atom is 0.0861 e. The molecule has 0 saturated heterocycles. The number of halogens is 1. The Bertz CT molecular complexity index is 812. The monoisotopic (exact) mass is 343 g/mol. The average molecular weight is 344 g/mol. The molecule has 0 fully saturated rings. The molecule has 2 nitrogen and oxygen atoms in total. The smallest absolute Gasteiger partial charge is 0.0861 e. The molecule has 1 N–H and O–H groups in total. The lowest BCUT2D eigenvalue weighted by molar-refractivity contribution is 0.0801. The van der Waals surface area contributed by atoms with Gasteiger partial charge in [-0.05, 0) is 50.6 Å². The molecular weight excluding hydrogens is 326 g/mol. The zero-order valence-corrected chi connectivity index (χ0v) is 14.0. The van der Waals surface area contributed by atoms with Gasteiger partial charge in [0.25, 0.3) is 0 Å². The Hall–Kier alpha value is -1.58. The van der Waals surface area contributed by atoms with Crippen molar-refractivity contribution in [2.45, 2.75) is 26.4 Å². The van der Waals surface area contributed by atoms with Crippen LogP contribution in [0.1, 0.15) is 25.0 Å². The standard InChI is InChI=1S/C18H18BrNO/c1-12-6-4-5-7-16(12)20-11-15(18(2,3)21)14-10-13(19)8-9-17(14)20/h4-11,21H,1-3H3. The quantitative estimate of drug-likeness (QED) is 0.701. The van der Waals surface area contributed by atoms with E-state index in [0.29, 0.717) is 0 Å². The van der Waals surface area contributed by atoms with Crippen LogP contribution < -0.4 is 0 Å². The third-order valence-electron chi connectivity index (χ3n) is 3.80. The first-order valence-corrected chi connectivity index (χ1v) is 7.77. The molecule has 1 heterocycles. The minimum Gasteiger partial charge on any atom is -0.386 e. The fourth-order valence-electron chi connectivity index (χ4n) is 2.72. The van der Waals surface area contributed by atoms with Crippen LogP contribution in [-0.2, 0) is 5.60 Å². The molecule has 0 aliphatic rings. The molecule has 0 amide bonds. The van der Waals surface area contributed by atoms with Gasteiger partial charge < -0.3 is 9.67 Å². The summed E-state index contributed by atoms with van der Waals surface area (Å²) in [6.07, 6.45) is 2.04. The number of hydrogen-bond acceptors (Lipinski definition) is 1. The maximum atomic E-state index is 10.5. The van der Waals surface area contributed by atoms with Crippen molar-refractivity contribution in [1.82, 2.24) is 4.57 Å². The van der Waals surface area contributed by atoms with Crippen LogP contribution in [0.15, 0.2) is 53.1 Å². The highest BCUT2D eigenvalue weighted by Crippen LogP contribution is 2.34. The molecule has 108 valence electrons. The summed E-state index contributed by atoms with van der Waals surface area (Å²) in [7, 11) is 0. The highest BCUT2D eigenvalue weighted by molar-refractivity contribution is 9.10. The van der Waals surface area contributed by atoms with Gasteiger partial charge in [-0.15, -0.1) is 0 Å². The van der Waals surface area contributed by atoms with Crippen molar-refractivity contribution in [3.8, 4) is 5.69 Å². The second-order valence-electron chi connectivity index (χ2n) is 5.92. The summed E-state index contributed by atoms with van der Waals surface area (Å²) >= 11 is 3.52. The first-order chi connectivity index (χ1) is 9.88. The number of hydrogen-bond donors (Lipinski definition) is 1. The van der Waals surface area contributed by atoms with Crippen LogP contribution in [0.5, 0.6) is 0 Å². The predicted molar refractivity (Wildman–Crippen MR) is 91.0 cm³/mol. The van der Waals surface area contributed by atoms with Gasteiger partial charge in [-0.2, -0.15) is 0 Å². The van der Waals surface area contributed by atoms with E-state index in [4.69, 9.17) is 0 Å². The van der Waals surface area contributed by atoms with E-state index in [2.05, 4.69) is 51.7 Å². The van der Waals surface area contributed by atoms with Gasteiger partial charge in [0.05, 0.1) is 11.1 Å². The Labute approximate surface area is 133 Å². The fourth-order valence-corrected chi connectivity index (χ4v) is 3.08. The average Bonchev–Trinajstić information content (AvgIpc) is 2.77. The largest absolute Gasteiger partial charge is 0.386 e. The molecule has 0 saturated carbocycles. The lowest BCUT2D eigenvalue weighted by atomic mass is 9.98. The fraction of sp³-hybridized carbons (Fsp3) is 0.222. The molecule has 3 aromatic rings. The first-order valence-electron chi connectivity index (χ1n) is 6.97. The number of fused-ring (bicyclic) bond motifs is 1. The van der Waals surface area contributed by atoms with Gasteiger partial charge in [-0.25, -0.2) is 0 Å². The first kappa shape index (κ1) is 14.4. The Morgan fingerprint density at radius 1 is 1.10 bits per heavy atom. The van der Waals surface area contributed by atoms with Crippen LogP contribution >= 0.6 is 15.9 Å². The highest BCUT2D eigenvalue weighted by Gasteiger charge is 2.23. The minimum absolute atomic E-state index is 0.882. The Morgan fingerprint density at radius 2 is 1.81 bits per heavy atom. The topological polar surface area (TPSA) is 25.2 Å². The van der Waals surface area contributed by atoms with E-state index in [0.717, 1.165) is 26.6 Å². The van der Waals surface area contributed by atoms with Crippen LogP contribution in [0.2, 0.25) is 0 Å². The van der Waals surface area contributed by atoms with Crippen molar-refractivity contribution in [1.29, 1.82) is 0 Å². The third kappa shape index (κ3) is 2.52. The summed E-state index contributed by atoms with van der Waals surface area (Å²) in [6, 6.07) is 14.5. The van der Waals surface area contributed by atoms with Crippen molar-refractivity contribution in [2.75, 3.05) is 0 Å². The lowest BCUT2D eigenvalue weighted by Gasteiger charge is -2.16. The number of nitrogens with zero attached hydrogens (tertiary/aromatic N) is 1. The Kier molecular flexibility index (Phi) is 3.42. The maximum absolute atomic E-state index is 10.5. The highest BCUT2D eigenvalue weighted by atomic mass is 79.9. The van der Waals surface area contributed by atoms with E-state index in [-0.39, 0.29) is 0 Å². The van der Waals surface area contributed by atoms with Gasteiger partial charge in [0, 0.05) is 27.3 Å². The molecule has 0 aliphatic carbocycles. The second-order valence-corrected chi connectivity index (χ2v) is 6.84. The molecule has 0 bridgehead atoms. The minimum atomic E-state index is -0.882. The molecular formula is C18H18BrNO.